The van der Waals surface area contributed by atoms with E-state index >= 15 is 0 Å². The Labute approximate surface area is 185 Å². The van der Waals surface area contributed by atoms with Crippen molar-refractivity contribution in [1.82, 2.24) is 5.32 Å². The van der Waals surface area contributed by atoms with Gasteiger partial charge in [0.1, 0.15) is 22.7 Å². The smallest absolute Gasteiger partial charge is 0.256 e. The van der Waals surface area contributed by atoms with Crippen LogP contribution in [0.4, 0.5) is 5.69 Å². The molecule has 1 aliphatic heterocycles. The maximum absolute atomic E-state index is 13.1. The number of hydrogen-bond donors (Lipinski definition) is 1. The Kier molecular flexibility index (Phi) is 6.61. The molecule has 3 aromatic rings. The molecular formula is C24H26N2O6. The van der Waals surface area contributed by atoms with E-state index in [1.165, 1.54) is 0 Å². The van der Waals surface area contributed by atoms with Crippen molar-refractivity contribution in [3.63, 3.8) is 0 Å². The third kappa shape index (κ3) is 4.55. The van der Waals surface area contributed by atoms with Gasteiger partial charge in [0, 0.05) is 24.6 Å². The Hall–Kier alpha value is -3.52. The summed E-state index contributed by atoms with van der Waals surface area (Å²) in [7, 11) is 4.69. The van der Waals surface area contributed by atoms with Gasteiger partial charge < -0.3 is 28.7 Å². The molecule has 168 valence electrons. The monoisotopic (exact) mass is 438 g/mol. The second-order valence-corrected chi connectivity index (χ2v) is 7.34. The Morgan fingerprint density at radius 2 is 1.94 bits per heavy atom. The molecule has 2 aromatic carbocycles. The average Bonchev–Trinajstić information content (AvgIpc) is 3.35. The van der Waals surface area contributed by atoms with Crippen LogP contribution < -0.4 is 25.1 Å². The predicted octanol–water partition coefficient (Wildman–Crippen LogP) is 3.60. The molecule has 8 heteroatoms. The molecule has 32 heavy (non-hydrogen) atoms. The molecule has 0 radical (unpaired) electrons. The molecule has 8 nitrogen and oxygen atoms in total. The van der Waals surface area contributed by atoms with Crippen molar-refractivity contribution in [2.24, 2.45) is 4.99 Å². The Morgan fingerprint density at radius 3 is 2.66 bits per heavy atom. The molecule has 0 saturated carbocycles. The number of methoxy groups -OCH3 is 3. The molecule has 1 fully saturated rings. The van der Waals surface area contributed by atoms with E-state index in [1.807, 2.05) is 12.1 Å². The van der Waals surface area contributed by atoms with Crippen LogP contribution in [-0.2, 0) is 4.74 Å². The van der Waals surface area contributed by atoms with Gasteiger partial charge in [0.25, 0.3) is 5.91 Å². The van der Waals surface area contributed by atoms with Gasteiger partial charge in [-0.3, -0.25) is 4.79 Å². The molecule has 0 bridgehead atoms. The Balaban J connectivity index is 1.84. The zero-order valence-corrected chi connectivity index (χ0v) is 18.3. The lowest BCUT2D eigenvalue weighted by molar-refractivity contribution is 0.0854. The normalized spacial score (nSPS) is 16.2. The van der Waals surface area contributed by atoms with Crippen molar-refractivity contribution in [2.75, 3.05) is 34.5 Å². The first-order chi connectivity index (χ1) is 15.6. The molecule has 1 aromatic heterocycles. The maximum atomic E-state index is 13.1. The highest BCUT2D eigenvalue weighted by Crippen LogP contribution is 2.31. The third-order valence-electron chi connectivity index (χ3n) is 5.33. The highest BCUT2D eigenvalue weighted by molar-refractivity contribution is 5.97. The molecule has 2 heterocycles. The SMILES string of the molecule is COc1ccc(OC)c(N=c2oc3c(OC)cccc3cc2C(=O)NCC2CCCO2)c1. The summed E-state index contributed by atoms with van der Waals surface area (Å²) in [5, 5.41) is 3.67. The summed E-state index contributed by atoms with van der Waals surface area (Å²) >= 11 is 0. The Bertz CT molecular complexity index is 1180. The fraction of sp³-hybridized carbons (Fsp3) is 0.333. The lowest BCUT2D eigenvalue weighted by Crippen LogP contribution is -2.34. The molecule has 0 spiro atoms. The minimum absolute atomic E-state index is 0.0234. The zero-order valence-electron chi connectivity index (χ0n) is 18.3. The van der Waals surface area contributed by atoms with Gasteiger partial charge in [-0.2, -0.15) is 0 Å². The van der Waals surface area contributed by atoms with Gasteiger partial charge in [-0.25, -0.2) is 4.99 Å². The summed E-state index contributed by atoms with van der Waals surface area (Å²) in [6.07, 6.45) is 1.95. The number of carbonyl (C=O) groups excluding carboxylic acids is 1. The molecular weight excluding hydrogens is 412 g/mol. The number of carbonyl (C=O) groups is 1. The molecule has 1 unspecified atom stereocenters. The summed E-state index contributed by atoms with van der Waals surface area (Å²) in [6, 6.07) is 12.5. The molecule has 1 aliphatic rings. The average molecular weight is 438 g/mol. The third-order valence-corrected chi connectivity index (χ3v) is 5.33. The fourth-order valence-electron chi connectivity index (χ4n) is 3.63. The van der Waals surface area contributed by atoms with Crippen LogP contribution in [0.15, 0.2) is 51.9 Å². The molecule has 0 aliphatic carbocycles. The van der Waals surface area contributed by atoms with E-state index in [1.54, 1.807) is 51.7 Å². The number of ether oxygens (including phenoxy) is 4. The molecule has 1 N–H and O–H groups in total. The van der Waals surface area contributed by atoms with E-state index in [2.05, 4.69) is 10.3 Å². The van der Waals surface area contributed by atoms with E-state index in [0.29, 0.717) is 40.6 Å². The summed E-state index contributed by atoms with van der Waals surface area (Å²) in [6.45, 7) is 1.15. The lowest BCUT2D eigenvalue weighted by Gasteiger charge is -2.12. The maximum Gasteiger partial charge on any atom is 0.256 e. The Morgan fingerprint density at radius 1 is 1.09 bits per heavy atom. The number of fused-ring (bicyclic) bond motifs is 1. The van der Waals surface area contributed by atoms with E-state index in [0.717, 1.165) is 24.8 Å². The van der Waals surface area contributed by atoms with Crippen molar-refractivity contribution in [1.29, 1.82) is 0 Å². The van der Waals surface area contributed by atoms with Crippen LogP contribution in [0, 0.1) is 0 Å². The number of para-hydroxylation sites is 1. The van der Waals surface area contributed by atoms with E-state index in [4.69, 9.17) is 23.4 Å². The molecule has 4 rings (SSSR count). The van der Waals surface area contributed by atoms with E-state index < -0.39 is 0 Å². The summed E-state index contributed by atoms with van der Waals surface area (Å²) < 4.78 is 27.9. The van der Waals surface area contributed by atoms with Crippen LogP contribution in [0.3, 0.4) is 0 Å². The van der Waals surface area contributed by atoms with Crippen molar-refractivity contribution in [2.45, 2.75) is 18.9 Å². The summed E-state index contributed by atoms with van der Waals surface area (Å²) in [4.78, 5) is 17.7. The quantitative estimate of drug-likeness (QED) is 0.606. The van der Waals surface area contributed by atoms with Crippen LogP contribution in [0.1, 0.15) is 23.2 Å². The lowest BCUT2D eigenvalue weighted by atomic mass is 10.1. The highest BCUT2D eigenvalue weighted by atomic mass is 16.5. The van der Waals surface area contributed by atoms with Crippen LogP contribution in [-0.4, -0.2) is 46.5 Å². The van der Waals surface area contributed by atoms with Crippen LogP contribution >= 0.6 is 0 Å². The van der Waals surface area contributed by atoms with Crippen molar-refractivity contribution in [3.8, 4) is 17.2 Å². The van der Waals surface area contributed by atoms with Gasteiger partial charge in [0.2, 0.25) is 5.55 Å². The standard InChI is InChI=1S/C24H26N2O6/c1-28-16-9-10-20(29-2)19(13-16)26-24-18(23(27)25-14-17-7-5-11-31-17)12-15-6-4-8-21(30-3)22(15)32-24/h4,6,8-10,12-13,17H,5,7,11,14H2,1-3H3,(H,25,27). The number of nitrogens with zero attached hydrogens (tertiary/aromatic N) is 1. The van der Waals surface area contributed by atoms with Crippen LogP contribution in [0.25, 0.3) is 11.0 Å². The number of hydrogen-bond acceptors (Lipinski definition) is 7. The zero-order chi connectivity index (χ0) is 22.5. The molecule has 1 atom stereocenters. The first kappa shape index (κ1) is 21.7. The van der Waals surface area contributed by atoms with Crippen molar-refractivity contribution < 1.29 is 28.2 Å². The minimum Gasteiger partial charge on any atom is -0.497 e. The van der Waals surface area contributed by atoms with Gasteiger partial charge in [-0.15, -0.1) is 0 Å². The van der Waals surface area contributed by atoms with Gasteiger partial charge in [-0.05, 0) is 37.1 Å². The minimum atomic E-state index is -0.297. The first-order valence-corrected chi connectivity index (χ1v) is 10.4. The van der Waals surface area contributed by atoms with E-state index in [-0.39, 0.29) is 17.6 Å². The topological polar surface area (TPSA) is 91.5 Å². The van der Waals surface area contributed by atoms with Crippen LogP contribution in [0.2, 0.25) is 0 Å². The van der Waals surface area contributed by atoms with Crippen LogP contribution in [0.5, 0.6) is 17.2 Å². The summed E-state index contributed by atoms with van der Waals surface area (Å²) in [5.74, 6) is 1.37. The number of nitrogens with one attached hydrogen (secondary N) is 1. The van der Waals surface area contributed by atoms with E-state index in [9.17, 15) is 4.79 Å². The van der Waals surface area contributed by atoms with Crippen molar-refractivity contribution in [3.05, 3.63) is 53.6 Å². The fourth-order valence-corrected chi connectivity index (χ4v) is 3.63. The number of benzene rings is 2. The largest absolute Gasteiger partial charge is 0.497 e. The summed E-state index contributed by atoms with van der Waals surface area (Å²) in [5.41, 5.74) is 1.40. The molecule has 1 saturated heterocycles. The van der Waals surface area contributed by atoms with Gasteiger partial charge >= 0.3 is 0 Å². The predicted molar refractivity (Wildman–Crippen MR) is 119 cm³/mol. The highest BCUT2D eigenvalue weighted by Gasteiger charge is 2.19. The van der Waals surface area contributed by atoms with Gasteiger partial charge in [0.05, 0.1) is 27.4 Å². The number of rotatable bonds is 7. The second kappa shape index (κ2) is 9.74. The second-order valence-electron chi connectivity index (χ2n) is 7.34. The van der Waals surface area contributed by atoms with Gasteiger partial charge in [0.15, 0.2) is 11.3 Å². The number of amides is 1. The van der Waals surface area contributed by atoms with Crippen molar-refractivity contribution >= 4 is 22.6 Å². The first-order valence-electron chi connectivity index (χ1n) is 10.4. The molecule has 1 amide bonds. The van der Waals surface area contributed by atoms with Gasteiger partial charge in [-0.1, -0.05) is 12.1 Å².